The van der Waals surface area contributed by atoms with Gasteiger partial charge in [-0.15, -0.1) is 0 Å². The summed E-state index contributed by atoms with van der Waals surface area (Å²) in [5, 5.41) is 14.2. The molecule has 0 aliphatic heterocycles. The Morgan fingerprint density at radius 3 is 3.00 bits per heavy atom. The molecular formula is C8H7BrN6O4. The van der Waals surface area contributed by atoms with E-state index in [-0.39, 0.29) is 22.6 Å². The third-order valence-electron chi connectivity index (χ3n) is 2.19. The minimum atomic E-state index is -0.725. The number of hydrogen-bond acceptors (Lipinski definition) is 7. The minimum Gasteiger partial charge on any atom is -0.466 e. The number of nitrogens with two attached hydrogens (primary N) is 1. The molecule has 11 heteroatoms. The smallest absolute Gasteiger partial charge is 0.466 e. The lowest BCUT2D eigenvalue weighted by atomic mass is 10.2. The Morgan fingerprint density at radius 2 is 2.42 bits per heavy atom. The summed E-state index contributed by atoms with van der Waals surface area (Å²) < 4.78 is 6.45. The van der Waals surface area contributed by atoms with Gasteiger partial charge in [0.05, 0.1) is 11.8 Å². The number of aromatic nitrogens is 3. The van der Waals surface area contributed by atoms with Crippen LogP contribution in [0.15, 0.2) is 21.5 Å². The van der Waals surface area contributed by atoms with Crippen molar-refractivity contribution in [2.75, 3.05) is 0 Å². The van der Waals surface area contributed by atoms with Gasteiger partial charge in [0, 0.05) is 21.0 Å². The van der Waals surface area contributed by atoms with Gasteiger partial charge in [-0.2, -0.15) is 4.68 Å². The van der Waals surface area contributed by atoms with Crippen molar-refractivity contribution in [1.82, 2.24) is 20.2 Å². The van der Waals surface area contributed by atoms with Gasteiger partial charge in [-0.25, -0.2) is 5.84 Å². The quantitative estimate of drug-likeness (QED) is 0.352. The number of carbonyl (C=O) groups is 1. The number of furan rings is 1. The van der Waals surface area contributed by atoms with E-state index < -0.39 is 16.8 Å². The first-order valence-electron chi connectivity index (χ1n) is 4.85. The number of amides is 1. The minimum absolute atomic E-state index is 0.00280. The van der Waals surface area contributed by atoms with Crippen LogP contribution in [0.3, 0.4) is 0 Å². The van der Waals surface area contributed by atoms with Gasteiger partial charge in [-0.3, -0.25) is 10.2 Å². The van der Waals surface area contributed by atoms with Gasteiger partial charge in [0.1, 0.15) is 12.3 Å². The maximum absolute atomic E-state index is 11.4. The summed E-state index contributed by atoms with van der Waals surface area (Å²) in [6.45, 7) is -0.00280. The number of nitrogen functional groups attached to an aromatic ring is 1. The molecule has 0 spiro atoms. The normalized spacial score (nSPS) is 10.4. The van der Waals surface area contributed by atoms with Crippen LogP contribution in [0, 0.1) is 10.1 Å². The second kappa shape index (κ2) is 5.16. The van der Waals surface area contributed by atoms with Crippen molar-refractivity contribution in [1.29, 1.82) is 0 Å². The Bertz CT molecular complexity index is 635. The number of halogens is 1. The monoisotopic (exact) mass is 330 g/mol. The van der Waals surface area contributed by atoms with E-state index in [1.165, 1.54) is 17.0 Å². The molecule has 0 atom stereocenters. The fourth-order valence-corrected chi connectivity index (χ4v) is 1.73. The molecule has 2 heterocycles. The van der Waals surface area contributed by atoms with E-state index in [0.29, 0.717) is 0 Å². The highest BCUT2D eigenvalue weighted by atomic mass is 79.9. The Hall–Kier alpha value is -2.27. The predicted octanol–water partition coefficient (Wildman–Crippen LogP) is 0.194. The van der Waals surface area contributed by atoms with Crippen molar-refractivity contribution < 1.29 is 14.1 Å². The largest absolute Gasteiger partial charge is 0.492 e. The van der Waals surface area contributed by atoms with Crippen LogP contribution in [0.25, 0.3) is 0 Å². The first-order valence-corrected chi connectivity index (χ1v) is 5.64. The van der Waals surface area contributed by atoms with Gasteiger partial charge < -0.3 is 14.5 Å². The van der Waals surface area contributed by atoms with Crippen LogP contribution in [0.2, 0.25) is 0 Å². The summed E-state index contributed by atoms with van der Waals surface area (Å²) >= 11 is 3.03. The zero-order valence-electron chi connectivity index (χ0n) is 9.24. The van der Waals surface area contributed by atoms with E-state index >= 15 is 0 Å². The van der Waals surface area contributed by atoms with E-state index in [9.17, 15) is 14.9 Å². The molecule has 3 N–H and O–H groups in total. The van der Waals surface area contributed by atoms with Crippen molar-refractivity contribution >= 4 is 27.8 Å². The molecule has 0 aliphatic carbocycles. The van der Waals surface area contributed by atoms with E-state index in [1.807, 2.05) is 5.43 Å². The maximum atomic E-state index is 11.4. The molecule has 0 fully saturated rings. The lowest BCUT2D eigenvalue weighted by Gasteiger charge is -1.99. The van der Waals surface area contributed by atoms with Crippen LogP contribution in [0.4, 0.5) is 5.95 Å². The lowest BCUT2D eigenvalue weighted by Crippen LogP contribution is -2.30. The number of nitrogens with one attached hydrogen (secondary N) is 1. The number of nitro groups is 1. The number of rotatable bonds is 4. The highest BCUT2D eigenvalue weighted by Crippen LogP contribution is 2.17. The molecule has 2 aromatic heterocycles. The van der Waals surface area contributed by atoms with Crippen molar-refractivity contribution in [2.45, 2.75) is 6.54 Å². The van der Waals surface area contributed by atoms with Gasteiger partial charge in [-0.05, 0) is 16.0 Å². The van der Waals surface area contributed by atoms with Crippen molar-refractivity contribution in [2.24, 2.45) is 5.84 Å². The van der Waals surface area contributed by atoms with Gasteiger partial charge in [0.25, 0.3) is 10.6 Å². The molecule has 0 aromatic carbocycles. The number of hydrogen-bond donors (Lipinski definition) is 2. The Labute approximate surface area is 113 Å². The summed E-state index contributed by atoms with van der Waals surface area (Å²) in [4.78, 5) is 24.8. The van der Waals surface area contributed by atoms with Crippen molar-refractivity contribution in [3.63, 3.8) is 0 Å². The van der Waals surface area contributed by atoms with E-state index in [2.05, 4.69) is 26.0 Å². The van der Waals surface area contributed by atoms with Crippen LogP contribution in [0.1, 0.15) is 16.1 Å². The number of nitrogens with zero attached hydrogens (tertiary/aromatic N) is 4. The molecule has 2 rings (SSSR count). The zero-order valence-corrected chi connectivity index (χ0v) is 10.8. The highest BCUT2D eigenvalue weighted by Gasteiger charge is 2.22. The summed E-state index contributed by atoms with van der Waals surface area (Å²) in [6, 6.07) is 1.43. The molecule has 0 saturated heterocycles. The van der Waals surface area contributed by atoms with Crippen molar-refractivity contribution in [3.8, 4) is 0 Å². The third kappa shape index (κ3) is 2.61. The number of carbonyl (C=O) groups excluding carboxylic acids is 1. The lowest BCUT2D eigenvalue weighted by molar-refractivity contribution is -0.394. The Morgan fingerprint density at radius 1 is 1.68 bits per heavy atom. The van der Waals surface area contributed by atoms with Gasteiger partial charge in [0.15, 0.2) is 0 Å². The molecule has 0 radical (unpaired) electrons. The molecule has 100 valence electrons. The third-order valence-corrected chi connectivity index (χ3v) is 2.78. The molecule has 10 nitrogen and oxygen atoms in total. The van der Waals surface area contributed by atoms with Gasteiger partial charge >= 0.3 is 5.95 Å². The second-order valence-corrected chi connectivity index (χ2v) is 4.04. The number of hydrazine groups is 1. The van der Waals surface area contributed by atoms with E-state index in [4.69, 9.17) is 10.3 Å². The van der Waals surface area contributed by atoms with E-state index in [0.717, 1.165) is 0 Å². The average molecular weight is 331 g/mol. The fourth-order valence-electron chi connectivity index (χ4n) is 1.37. The summed E-state index contributed by atoms with van der Waals surface area (Å²) in [7, 11) is 0. The van der Waals surface area contributed by atoms with Gasteiger partial charge in [-0.1, -0.05) is 0 Å². The first-order chi connectivity index (χ1) is 9.02. The summed E-state index contributed by atoms with van der Waals surface area (Å²) in [5.74, 6) is 4.19. The van der Waals surface area contributed by atoms with Crippen LogP contribution in [-0.4, -0.2) is 25.6 Å². The molecule has 0 aliphatic rings. The zero-order chi connectivity index (χ0) is 14.0. The molecule has 0 saturated carbocycles. The molecular weight excluding hydrogens is 324 g/mol. The molecule has 2 aromatic rings. The molecule has 1 amide bonds. The van der Waals surface area contributed by atoms with Crippen LogP contribution in [0.5, 0.6) is 0 Å². The van der Waals surface area contributed by atoms with E-state index in [1.54, 1.807) is 0 Å². The average Bonchev–Trinajstić information content (AvgIpc) is 2.97. The molecule has 0 bridgehead atoms. The van der Waals surface area contributed by atoms with Crippen molar-refractivity contribution in [3.05, 3.63) is 38.5 Å². The Kier molecular flexibility index (Phi) is 3.57. The Balaban J connectivity index is 2.29. The standard InChI is InChI=1S/C8H7BrN6O4/c9-7-11-8(15(17)18)13-14(7)3-5-4(1-2-19-5)6(16)12-10/h1-2H,3,10H2,(H,12,16). The molecule has 0 unspecified atom stereocenters. The second-order valence-electron chi connectivity index (χ2n) is 3.33. The predicted molar refractivity (Wildman–Crippen MR) is 63.8 cm³/mol. The molecule has 19 heavy (non-hydrogen) atoms. The fraction of sp³-hybridized carbons (Fsp3) is 0.125. The maximum Gasteiger partial charge on any atom is 0.492 e. The van der Waals surface area contributed by atoms with Crippen LogP contribution < -0.4 is 11.3 Å². The summed E-state index contributed by atoms with van der Waals surface area (Å²) in [6.07, 6.45) is 1.30. The van der Waals surface area contributed by atoms with Crippen LogP contribution in [-0.2, 0) is 6.54 Å². The van der Waals surface area contributed by atoms with Gasteiger partial charge in [0.2, 0.25) is 0 Å². The van der Waals surface area contributed by atoms with Crippen LogP contribution >= 0.6 is 15.9 Å². The first kappa shape index (κ1) is 13.2. The SMILES string of the molecule is NNC(=O)c1ccoc1Cn1nc([N+](=O)[O-])nc1Br. The highest BCUT2D eigenvalue weighted by molar-refractivity contribution is 9.10. The summed E-state index contributed by atoms with van der Waals surface area (Å²) in [5.41, 5.74) is 2.18. The topological polar surface area (TPSA) is 142 Å².